The maximum absolute atomic E-state index is 13.0. The van der Waals surface area contributed by atoms with Gasteiger partial charge in [0.2, 0.25) is 0 Å². The van der Waals surface area contributed by atoms with E-state index in [1.807, 2.05) is 34.6 Å². The van der Waals surface area contributed by atoms with E-state index in [0.29, 0.717) is 28.2 Å². The van der Waals surface area contributed by atoms with Crippen molar-refractivity contribution in [3.8, 4) is 11.5 Å². The lowest BCUT2D eigenvalue weighted by atomic mass is 9.74. The Morgan fingerprint density at radius 1 is 0.786 bits per heavy atom. The number of rotatable bonds is 5. The van der Waals surface area contributed by atoms with Crippen LogP contribution in [-0.4, -0.2) is 19.3 Å². The van der Waals surface area contributed by atoms with E-state index in [1.54, 1.807) is 7.11 Å². The highest BCUT2D eigenvalue weighted by molar-refractivity contribution is 5.62. The van der Waals surface area contributed by atoms with Crippen LogP contribution in [0.2, 0.25) is 0 Å². The third-order valence-electron chi connectivity index (χ3n) is 5.46. The summed E-state index contributed by atoms with van der Waals surface area (Å²) in [6, 6.07) is 4.62. The molecule has 0 bridgehead atoms. The summed E-state index contributed by atoms with van der Waals surface area (Å²) in [4.78, 5) is 0. The van der Waals surface area contributed by atoms with E-state index in [0.717, 1.165) is 23.3 Å². The Kier molecular flexibility index (Phi) is 6.04. The predicted molar refractivity (Wildman–Crippen MR) is 103 cm³/mol. The van der Waals surface area contributed by atoms with Gasteiger partial charge in [0.15, 0.2) is 0 Å². The molecule has 6 heteroatoms. The van der Waals surface area contributed by atoms with Crippen molar-refractivity contribution in [1.29, 1.82) is 0 Å². The van der Waals surface area contributed by atoms with Crippen LogP contribution in [0.1, 0.15) is 47.2 Å². The summed E-state index contributed by atoms with van der Waals surface area (Å²) in [6.07, 6.45) is -4.44. The largest absolute Gasteiger partial charge is 0.496 e. The summed E-state index contributed by atoms with van der Waals surface area (Å²) in [5.41, 5.74) is 0.935. The van der Waals surface area contributed by atoms with E-state index in [2.05, 4.69) is 0 Å². The van der Waals surface area contributed by atoms with Gasteiger partial charge in [-0.3, -0.25) is 0 Å². The maximum Gasteiger partial charge on any atom is 0.416 e. The Hall–Kier alpha value is -2.21. The Morgan fingerprint density at radius 3 is 1.61 bits per heavy atom. The Labute approximate surface area is 164 Å². The van der Waals surface area contributed by atoms with Gasteiger partial charge in [0.1, 0.15) is 17.1 Å². The molecule has 0 aliphatic rings. The van der Waals surface area contributed by atoms with Crippen LogP contribution in [-0.2, 0) is 11.8 Å². The molecule has 0 heterocycles. The van der Waals surface area contributed by atoms with Crippen molar-refractivity contribution in [2.24, 2.45) is 5.92 Å². The minimum absolute atomic E-state index is 0.344. The van der Waals surface area contributed by atoms with Crippen LogP contribution in [0.4, 0.5) is 13.2 Å². The number of alkyl halides is 3. The van der Waals surface area contributed by atoms with Crippen LogP contribution >= 0.6 is 0 Å². The van der Waals surface area contributed by atoms with Crippen LogP contribution in [0.3, 0.4) is 0 Å². The molecule has 0 amide bonds. The second-order valence-corrected chi connectivity index (χ2v) is 7.31. The minimum atomic E-state index is -4.44. The second kappa shape index (κ2) is 7.66. The Bertz CT molecular complexity index is 855. The molecule has 154 valence electrons. The van der Waals surface area contributed by atoms with E-state index in [9.17, 15) is 18.3 Å². The number of aliphatic hydroxyl groups is 1. The molecule has 1 N–H and O–H groups in total. The second-order valence-electron chi connectivity index (χ2n) is 7.31. The van der Waals surface area contributed by atoms with Crippen LogP contribution in [0.25, 0.3) is 0 Å². The van der Waals surface area contributed by atoms with Gasteiger partial charge in [-0.2, -0.15) is 13.2 Å². The number of hydrogen-bond donors (Lipinski definition) is 1. The van der Waals surface area contributed by atoms with E-state index < -0.39 is 17.3 Å². The van der Waals surface area contributed by atoms with Crippen molar-refractivity contribution >= 4 is 0 Å². The molecular weight excluding hydrogens is 369 g/mol. The Balaban J connectivity index is 2.85. The van der Waals surface area contributed by atoms with Gasteiger partial charge in [-0.25, -0.2) is 0 Å². The fraction of sp³-hybridized carbons (Fsp3) is 0.455. The molecular formula is C22H27F3O3. The normalized spacial score (nSPS) is 14.1. The zero-order valence-electron chi connectivity index (χ0n) is 17.3. The molecule has 2 rings (SSSR count). The van der Waals surface area contributed by atoms with Gasteiger partial charge < -0.3 is 14.6 Å². The number of benzene rings is 2. The standard InChI is InChI=1S/C22H27F3O3/c1-12(2)21(26,16-8-10-17(11-9-16)22(23,24)25)18-15(5)19(27-6)13(3)14(4)20(18)28-7/h8-12,26H,1-7H3. The van der Waals surface area contributed by atoms with Gasteiger partial charge in [0.25, 0.3) is 0 Å². The third-order valence-corrected chi connectivity index (χ3v) is 5.46. The predicted octanol–water partition coefficient (Wildman–Crippen LogP) is 5.54. The number of halogens is 3. The summed E-state index contributed by atoms with van der Waals surface area (Å²) >= 11 is 0. The topological polar surface area (TPSA) is 38.7 Å². The van der Waals surface area contributed by atoms with E-state index in [-0.39, 0.29) is 5.92 Å². The van der Waals surface area contributed by atoms with Crippen molar-refractivity contribution in [2.45, 2.75) is 46.4 Å². The van der Waals surface area contributed by atoms with Gasteiger partial charge in [-0.15, -0.1) is 0 Å². The molecule has 0 saturated heterocycles. The molecule has 28 heavy (non-hydrogen) atoms. The number of methoxy groups -OCH3 is 2. The lowest BCUT2D eigenvalue weighted by molar-refractivity contribution is -0.137. The molecule has 1 atom stereocenters. The molecule has 0 radical (unpaired) electrons. The smallest absolute Gasteiger partial charge is 0.416 e. The molecule has 3 nitrogen and oxygen atoms in total. The van der Waals surface area contributed by atoms with Crippen molar-refractivity contribution in [1.82, 2.24) is 0 Å². The highest BCUT2D eigenvalue weighted by Crippen LogP contribution is 2.48. The lowest BCUT2D eigenvalue weighted by Gasteiger charge is -2.37. The minimum Gasteiger partial charge on any atom is -0.496 e. The van der Waals surface area contributed by atoms with Crippen molar-refractivity contribution < 1.29 is 27.8 Å². The fourth-order valence-corrected chi connectivity index (χ4v) is 3.79. The Morgan fingerprint density at radius 2 is 1.21 bits per heavy atom. The van der Waals surface area contributed by atoms with Gasteiger partial charge in [-0.05, 0) is 55.5 Å². The van der Waals surface area contributed by atoms with Crippen molar-refractivity contribution in [2.75, 3.05) is 14.2 Å². The molecule has 0 spiro atoms. The molecule has 0 saturated carbocycles. The number of ether oxygens (including phenoxy) is 2. The third kappa shape index (κ3) is 3.46. The molecule has 0 fully saturated rings. The first-order chi connectivity index (χ1) is 12.9. The first-order valence-corrected chi connectivity index (χ1v) is 9.03. The first kappa shape index (κ1) is 22.1. The molecule has 0 aromatic heterocycles. The lowest BCUT2D eigenvalue weighted by Crippen LogP contribution is -2.35. The van der Waals surface area contributed by atoms with Crippen LogP contribution in [0.15, 0.2) is 24.3 Å². The van der Waals surface area contributed by atoms with Gasteiger partial charge in [0, 0.05) is 11.1 Å². The summed E-state index contributed by atoms with van der Waals surface area (Å²) in [6.45, 7) is 9.23. The van der Waals surface area contributed by atoms with Gasteiger partial charge in [-0.1, -0.05) is 26.0 Å². The number of hydrogen-bond acceptors (Lipinski definition) is 3. The zero-order valence-corrected chi connectivity index (χ0v) is 17.3. The summed E-state index contributed by atoms with van der Waals surface area (Å²) in [7, 11) is 3.07. The molecule has 0 aliphatic carbocycles. The average Bonchev–Trinajstić information content (AvgIpc) is 2.63. The molecule has 2 aromatic carbocycles. The van der Waals surface area contributed by atoms with Crippen LogP contribution < -0.4 is 9.47 Å². The van der Waals surface area contributed by atoms with Crippen LogP contribution in [0.5, 0.6) is 11.5 Å². The summed E-state index contributed by atoms with van der Waals surface area (Å²) in [5.74, 6) is 0.787. The fourth-order valence-electron chi connectivity index (χ4n) is 3.79. The zero-order chi connectivity index (χ0) is 21.4. The highest BCUT2D eigenvalue weighted by atomic mass is 19.4. The summed E-state index contributed by atoms with van der Waals surface area (Å²) in [5, 5.41) is 11.8. The van der Waals surface area contributed by atoms with E-state index in [4.69, 9.17) is 9.47 Å². The van der Waals surface area contributed by atoms with Gasteiger partial charge >= 0.3 is 6.18 Å². The molecule has 2 aromatic rings. The van der Waals surface area contributed by atoms with Crippen LogP contribution in [0, 0.1) is 26.7 Å². The average molecular weight is 396 g/mol. The SMILES string of the molecule is COc1c(C)c(C)c(OC)c(C(O)(c2ccc(C(F)(F)F)cc2)C(C)C)c1C. The van der Waals surface area contributed by atoms with Gasteiger partial charge in [0.05, 0.1) is 19.8 Å². The van der Waals surface area contributed by atoms with E-state index in [1.165, 1.54) is 19.2 Å². The molecule has 0 aliphatic heterocycles. The summed E-state index contributed by atoms with van der Waals surface area (Å²) < 4.78 is 50.1. The quantitative estimate of drug-likeness (QED) is 0.721. The first-order valence-electron chi connectivity index (χ1n) is 9.03. The monoisotopic (exact) mass is 396 g/mol. The van der Waals surface area contributed by atoms with E-state index >= 15 is 0 Å². The molecule has 1 unspecified atom stereocenters. The van der Waals surface area contributed by atoms with Crippen molar-refractivity contribution in [3.05, 3.63) is 57.6 Å². The highest BCUT2D eigenvalue weighted by Gasteiger charge is 2.41. The maximum atomic E-state index is 13.0. The van der Waals surface area contributed by atoms with Crippen molar-refractivity contribution in [3.63, 3.8) is 0 Å².